The van der Waals surface area contributed by atoms with Crippen LogP contribution in [0.25, 0.3) is 5.95 Å². The fraction of sp³-hybridized carbons (Fsp3) is 0.400. The standard InChI is InChI=1S/C10H14N6S/c1-2-3-7-17-10-14-8(11)13-9(15-10)16-6-4-5-12-16/h4-6H,2-3,7H2,1H3,(H2,11,13,14,15). The van der Waals surface area contributed by atoms with Crippen LogP contribution in [0.4, 0.5) is 5.95 Å². The van der Waals surface area contributed by atoms with Gasteiger partial charge in [0.05, 0.1) is 0 Å². The third-order valence-corrected chi connectivity index (χ3v) is 2.99. The van der Waals surface area contributed by atoms with Crippen LogP contribution in [0.5, 0.6) is 0 Å². The summed E-state index contributed by atoms with van der Waals surface area (Å²) >= 11 is 1.59. The normalized spacial score (nSPS) is 10.6. The van der Waals surface area contributed by atoms with E-state index in [4.69, 9.17) is 5.73 Å². The molecule has 6 nitrogen and oxygen atoms in total. The smallest absolute Gasteiger partial charge is 0.256 e. The molecule has 2 aromatic heterocycles. The van der Waals surface area contributed by atoms with Crippen LogP contribution >= 0.6 is 11.8 Å². The fourth-order valence-corrected chi connectivity index (χ4v) is 2.14. The maximum Gasteiger partial charge on any atom is 0.256 e. The highest BCUT2D eigenvalue weighted by atomic mass is 32.2. The van der Waals surface area contributed by atoms with E-state index in [0.717, 1.165) is 18.6 Å². The van der Waals surface area contributed by atoms with Gasteiger partial charge in [0.15, 0.2) is 5.16 Å². The molecule has 2 aromatic rings. The Kier molecular flexibility index (Phi) is 3.92. The van der Waals surface area contributed by atoms with Gasteiger partial charge in [-0.3, -0.25) is 0 Å². The van der Waals surface area contributed by atoms with Gasteiger partial charge in [-0.2, -0.15) is 20.1 Å². The Bertz CT molecular complexity index is 470. The maximum absolute atomic E-state index is 5.65. The van der Waals surface area contributed by atoms with Crippen molar-refractivity contribution in [2.75, 3.05) is 11.5 Å². The summed E-state index contributed by atoms with van der Waals surface area (Å²) in [4.78, 5) is 12.4. The second-order valence-corrected chi connectivity index (χ2v) is 4.49. The van der Waals surface area contributed by atoms with Crippen molar-refractivity contribution in [2.45, 2.75) is 24.9 Å². The van der Waals surface area contributed by atoms with E-state index in [1.807, 2.05) is 6.07 Å². The zero-order valence-electron chi connectivity index (χ0n) is 9.58. The summed E-state index contributed by atoms with van der Waals surface area (Å²) in [6.45, 7) is 2.15. The molecule has 2 heterocycles. The molecule has 0 fully saturated rings. The second kappa shape index (κ2) is 5.62. The number of nitrogen functional groups attached to an aromatic ring is 1. The van der Waals surface area contributed by atoms with Crippen molar-refractivity contribution < 1.29 is 0 Å². The first-order chi connectivity index (χ1) is 8.29. The first-order valence-electron chi connectivity index (χ1n) is 5.44. The first-order valence-corrected chi connectivity index (χ1v) is 6.42. The summed E-state index contributed by atoms with van der Waals surface area (Å²) in [5, 5.41) is 4.71. The Hall–Kier alpha value is -1.63. The molecule has 0 amide bonds. The van der Waals surface area contributed by atoms with Gasteiger partial charge in [0.1, 0.15) is 0 Å². The summed E-state index contributed by atoms with van der Waals surface area (Å²) in [5.41, 5.74) is 5.65. The molecule has 0 saturated heterocycles. The lowest BCUT2D eigenvalue weighted by Crippen LogP contribution is -2.07. The lowest BCUT2D eigenvalue weighted by Gasteiger charge is -2.03. The summed E-state index contributed by atoms with van der Waals surface area (Å²) in [6.07, 6.45) is 5.73. The third-order valence-electron chi connectivity index (χ3n) is 2.06. The number of rotatable bonds is 5. The molecular formula is C10H14N6S. The Morgan fingerprint density at radius 3 is 2.94 bits per heavy atom. The van der Waals surface area contributed by atoms with Crippen LogP contribution in [0.15, 0.2) is 23.6 Å². The Labute approximate surface area is 104 Å². The quantitative estimate of drug-likeness (QED) is 0.640. The highest BCUT2D eigenvalue weighted by Crippen LogP contribution is 2.16. The minimum Gasteiger partial charge on any atom is -0.368 e. The molecule has 0 atom stereocenters. The van der Waals surface area contributed by atoms with E-state index in [9.17, 15) is 0 Å². The number of anilines is 1. The average molecular weight is 250 g/mol. The summed E-state index contributed by atoms with van der Waals surface area (Å²) in [6, 6.07) is 1.81. The van der Waals surface area contributed by atoms with Crippen molar-refractivity contribution >= 4 is 17.7 Å². The largest absolute Gasteiger partial charge is 0.368 e. The van der Waals surface area contributed by atoms with Crippen LogP contribution in [0.1, 0.15) is 19.8 Å². The second-order valence-electron chi connectivity index (χ2n) is 3.43. The van der Waals surface area contributed by atoms with E-state index < -0.39 is 0 Å². The molecule has 0 bridgehead atoms. The minimum absolute atomic E-state index is 0.226. The highest BCUT2D eigenvalue weighted by molar-refractivity contribution is 7.99. The number of thioether (sulfide) groups is 1. The van der Waals surface area contributed by atoms with Crippen molar-refractivity contribution in [2.24, 2.45) is 0 Å². The van der Waals surface area contributed by atoms with Crippen molar-refractivity contribution in [3.05, 3.63) is 18.5 Å². The number of nitrogens with zero attached hydrogens (tertiary/aromatic N) is 5. The topological polar surface area (TPSA) is 82.5 Å². The molecular weight excluding hydrogens is 236 g/mol. The van der Waals surface area contributed by atoms with Crippen molar-refractivity contribution in [3.63, 3.8) is 0 Å². The number of unbranched alkanes of at least 4 members (excludes halogenated alkanes) is 1. The molecule has 2 rings (SSSR count). The van der Waals surface area contributed by atoms with E-state index in [-0.39, 0.29) is 5.95 Å². The number of nitrogens with two attached hydrogens (primary N) is 1. The van der Waals surface area contributed by atoms with E-state index in [0.29, 0.717) is 11.1 Å². The predicted octanol–water partition coefficient (Wildman–Crippen LogP) is 1.53. The predicted molar refractivity (Wildman–Crippen MR) is 67.0 cm³/mol. The number of hydrogen-bond donors (Lipinski definition) is 1. The van der Waals surface area contributed by atoms with Crippen LogP contribution < -0.4 is 5.73 Å². The molecule has 0 radical (unpaired) electrons. The molecule has 0 aliphatic carbocycles. The number of hydrogen-bond acceptors (Lipinski definition) is 6. The van der Waals surface area contributed by atoms with Gasteiger partial charge in [0, 0.05) is 18.1 Å². The van der Waals surface area contributed by atoms with Gasteiger partial charge < -0.3 is 5.73 Å². The molecule has 0 unspecified atom stereocenters. The van der Waals surface area contributed by atoms with Crippen LogP contribution in [-0.4, -0.2) is 30.5 Å². The van der Waals surface area contributed by atoms with Gasteiger partial charge in [-0.1, -0.05) is 25.1 Å². The van der Waals surface area contributed by atoms with Crippen molar-refractivity contribution in [3.8, 4) is 5.95 Å². The molecule has 0 saturated carbocycles. The van der Waals surface area contributed by atoms with Gasteiger partial charge in [0.2, 0.25) is 5.95 Å². The van der Waals surface area contributed by atoms with E-state index >= 15 is 0 Å². The molecule has 90 valence electrons. The molecule has 0 aliphatic rings. The van der Waals surface area contributed by atoms with Crippen LogP contribution in [0, 0.1) is 0 Å². The van der Waals surface area contributed by atoms with E-state index in [1.165, 1.54) is 0 Å². The zero-order valence-corrected chi connectivity index (χ0v) is 10.4. The molecule has 0 aromatic carbocycles. The third kappa shape index (κ3) is 3.16. The Morgan fingerprint density at radius 2 is 2.24 bits per heavy atom. The van der Waals surface area contributed by atoms with Crippen LogP contribution in [0.2, 0.25) is 0 Å². The van der Waals surface area contributed by atoms with Crippen LogP contribution in [-0.2, 0) is 0 Å². The fourth-order valence-electron chi connectivity index (χ4n) is 1.22. The number of aromatic nitrogens is 5. The zero-order chi connectivity index (χ0) is 12.1. The Morgan fingerprint density at radius 1 is 1.35 bits per heavy atom. The average Bonchev–Trinajstić information content (AvgIpc) is 2.82. The summed E-state index contributed by atoms with van der Waals surface area (Å²) in [5.74, 6) is 1.67. The van der Waals surface area contributed by atoms with Crippen LogP contribution in [0.3, 0.4) is 0 Å². The van der Waals surface area contributed by atoms with Gasteiger partial charge in [0.25, 0.3) is 5.95 Å². The monoisotopic (exact) mass is 250 g/mol. The SMILES string of the molecule is CCCCSc1nc(N)nc(-n2cccn2)n1. The van der Waals surface area contributed by atoms with Gasteiger partial charge in [-0.25, -0.2) is 4.68 Å². The van der Waals surface area contributed by atoms with E-state index in [2.05, 4.69) is 27.0 Å². The maximum atomic E-state index is 5.65. The molecule has 7 heteroatoms. The van der Waals surface area contributed by atoms with Gasteiger partial charge >= 0.3 is 0 Å². The van der Waals surface area contributed by atoms with Crippen molar-refractivity contribution in [1.82, 2.24) is 24.7 Å². The first kappa shape index (κ1) is 11.8. The molecule has 17 heavy (non-hydrogen) atoms. The van der Waals surface area contributed by atoms with Crippen molar-refractivity contribution in [1.29, 1.82) is 0 Å². The van der Waals surface area contributed by atoms with E-state index in [1.54, 1.807) is 28.8 Å². The van der Waals surface area contributed by atoms with Gasteiger partial charge in [-0.15, -0.1) is 0 Å². The summed E-state index contributed by atoms with van der Waals surface area (Å²) < 4.78 is 1.57. The lowest BCUT2D eigenvalue weighted by molar-refractivity contribution is 0.763. The molecule has 0 spiro atoms. The van der Waals surface area contributed by atoms with Gasteiger partial charge in [-0.05, 0) is 12.5 Å². The molecule has 2 N–H and O–H groups in total. The lowest BCUT2D eigenvalue weighted by atomic mass is 10.4. The Balaban J connectivity index is 2.18. The molecule has 0 aliphatic heterocycles. The highest BCUT2D eigenvalue weighted by Gasteiger charge is 2.06. The minimum atomic E-state index is 0.226. The summed E-state index contributed by atoms with van der Waals surface area (Å²) in [7, 11) is 0.